The molecule has 80 valence electrons. The Bertz CT molecular complexity index is 319. The van der Waals surface area contributed by atoms with Gasteiger partial charge in [0, 0.05) is 24.3 Å². The van der Waals surface area contributed by atoms with Crippen molar-refractivity contribution in [2.45, 2.75) is 0 Å². The summed E-state index contributed by atoms with van der Waals surface area (Å²) in [6.07, 6.45) is 5.78. The van der Waals surface area contributed by atoms with E-state index in [0.717, 1.165) is 9.46 Å². The SMILES string of the molecule is [O-][n+]1ccccc1.[O-][n+]1ccccc1.[S-2]. The lowest BCUT2D eigenvalue weighted by Gasteiger charge is -2.00. The van der Waals surface area contributed by atoms with Crippen LogP contribution in [-0.4, -0.2) is 0 Å². The van der Waals surface area contributed by atoms with Gasteiger partial charge in [-0.15, -0.1) is 0 Å². The molecule has 2 rings (SSSR count). The molecule has 0 saturated carbocycles. The van der Waals surface area contributed by atoms with Gasteiger partial charge in [0.1, 0.15) is 0 Å². The Balaban J connectivity index is 0.000000245. The van der Waals surface area contributed by atoms with Gasteiger partial charge in [-0.2, -0.15) is 9.46 Å². The highest BCUT2D eigenvalue weighted by molar-refractivity contribution is 7.37. The lowest BCUT2D eigenvalue weighted by atomic mass is 10.5. The second-order valence-corrected chi connectivity index (χ2v) is 2.47. The second kappa shape index (κ2) is 7.64. The van der Waals surface area contributed by atoms with Crippen molar-refractivity contribution >= 4 is 13.5 Å². The van der Waals surface area contributed by atoms with Crippen molar-refractivity contribution in [3.8, 4) is 0 Å². The highest BCUT2D eigenvalue weighted by Gasteiger charge is 1.75. The molecule has 0 unspecified atom stereocenters. The van der Waals surface area contributed by atoms with E-state index in [9.17, 15) is 10.4 Å². The van der Waals surface area contributed by atoms with E-state index in [0.29, 0.717) is 0 Å². The van der Waals surface area contributed by atoms with Gasteiger partial charge in [0.05, 0.1) is 0 Å². The van der Waals surface area contributed by atoms with Crippen LogP contribution < -0.4 is 9.46 Å². The summed E-state index contributed by atoms with van der Waals surface area (Å²) in [6, 6.07) is 10.4. The van der Waals surface area contributed by atoms with Crippen molar-refractivity contribution in [1.29, 1.82) is 0 Å². The van der Waals surface area contributed by atoms with Gasteiger partial charge in [-0.3, -0.25) is 0 Å². The van der Waals surface area contributed by atoms with Crippen LogP contribution in [0.1, 0.15) is 0 Å². The highest BCUT2D eigenvalue weighted by atomic mass is 32.1. The first-order valence-electron chi connectivity index (χ1n) is 4.06. The molecule has 0 N–H and O–H groups in total. The molecule has 0 aliphatic carbocycles. The Morgan fingerprint density at radius 2 is 0.800 bits per heavy atom. The standard InChI is InChI=1S/2C5H5NO.S/c2*7-6-4-2-1-3-5-6;/h2*1-5H;/q;;-2. The van der Waals surface area contributed by atoms with Crippen molar-refractivity contribution in [1.82, 2.24) is 0 Å². The Morgan fingerprint density at radius 3 is 0.933 bits per heavy atom. The minimum absolute atomic E-state index is 0. The normalized spacial score (nSPS) is 8.00. The van der Waals surface area contributed by atoms with Gasteiger partial charge < -0.3 is 23.9 Å². The van der Waals surface area contributed by atoms with Gasteiger partial charge in [-0.05, 0) is 0 Å². The number of nitrogens with zero attached hydrogens (tertiary/aromatic N) is 2. The molecule has 0 amide bonds. The van der Waals surface area contributed by atoms with E-state index in [4.69, 9.17) is 0 Å². The van der Waals surface area contributed by atoms with Gasteiger partial charge >= 0.3 is 0 Å². The first-order valence-corrected chi connectivity index (χ1v) is 4.06. The molecule has 0 spiro atoms. The fourth-order valence-corrected chi connectivity index (χ4v) is 0.766. The maximum atomic E-state index is 10.2. The van der Waals surface area contributed by atoms with Crippen LogP contribution >= 0.6 is 0 Å². The van der Waals surface area contributed by atoms with Crippen LogP contribution in [0, 0.1) is 10.4 Å². The summed E-state index contributed by atoms with van der Waals surface area (Å²) >= 11 is 0. The molecule has 0 bridgehead atoms. The average Bonchev–Trinajstić information content (AvgIpc) is 2.21. The summed E-state index contributed by atoms with van der Waals surface area (Å²) < 4.78 is 1.50. The first-order chi connectivity index (χ1) is 6.79. The van der Waals surface area contributed by atoms with E-state index >= 15 is 0 Å². The summed E-state index contributed by atoms with van der Waals surface area (Å²) in [5, 5.41) is 20.4. The maximum Gasteiger partial charge on any atom is 0.180 e. The Labute approximate surface area is 95.0 Å². The summed E-state index contributed by atoms with van der Waals surface area (Å²) in [6.45, 7) is 0. The molecule has 0 aliphatic heterocycles. The van der Waals surface area contributed by atoms with Crippen LogP contribution in [0.4, 0.5) is 0 Å². The molecule has 0 aliphatic rings. The van der Waals surface area contributed by atoms with Gasteiger partial charge in [-0.25, -0.2) is 0 Å². The minimum atomic E-state index is 0. The zero-order valence-electron chi connectivity index (χ0n) is 7.89. The summed E-state index contributed by atoms with van der Waals surface area (Å²) in [5.41, 5.74) is 0. The fraction of sp³-hybridized carbons (Fsp3) is 0. The quantitative estimate of drug-likeness (QED) is 0.485. The number of rotatable bonds is 0. The van der Waals surface area contributed by atoms with Gasteiger partial charge in [0.25, 0.3) is 0 Å². The zero-order valence-corrected chi connectivity index (χ0v) is 8.71. The summed E-state index contributed by atoms with van der Waals surface area (Å²) in [7, 11) is 0. The monoisotopic (exact) mass is 222 g/mol. The maximum absolute atomic E-state index is 10.2. The van der Waals surface area contributed by atoms with Gasteiger partial charge in [0.15, 0.2) is 24.8 Å². The van der Waals surface area contributed by atoms with E-state index in [2.05, 4.69) is 0 Å². The highest BCUT2D eigenvalue weighted by Crippen LogP contribution is 1.72. The molecule has 2 aromatic rings. The van der Waals surface area contributed by atoms with E-state index in [1.165, 1.54) is 24.8 Å². The van der Waals surface area contributed by atoms with Crippen molar-refractivity contribution in [3.63, 3.8) is 0 Å². The van der Waals surface area contributed by atoms with E-state index in [1.807, 2.05) is 0 Å². The molecule has 0 aromatic carbocycles. The molecule has 15 heavy (non-hydrogen) atoms. The van der Waals surface area contributed by atoms with Crippen LogP contribution in [0.15, 0.2) is 61.2 Å². The number of hydrogen-bond donors (Lipinski definition) is 0. The zero-order chi connectivity index (χ0) is 10.2. The number of pyridine rings is 2. The van der Waals surface area contributed by atoms with E-state index in [-0.39, 0.29) is 13.5 Å². The fourth-order valence-electron chi connectivity index (χ4n) is 0.766. The Hall–Kier alpha value is -1.75. The number of hydrogen-bond acceptors (Lipinski definition) is 2. The Morgan fingerprint density at radius 1 is 0.533 bits per heavy atom. The van der Waals surface area contributed by atoms with Crippen LogP contribution in [0.2, 0.25) is 0 Å². The summed E-state index contributed by atoms with van der Waals surface area (Å²) in [5.74, 6) is 0. The molecule has 0 atom stereocenters. The molecule has 2 heterocycles. The molecule has 5 heteroatoms. The lowest BCUT2D eigenvalue weighted by molar-refractivity contribution is -0.605. The van der Waals surface area contributed by atoms with Crippen molar-refractivity contribution in [2.24, 2.45) is 0 Å². The van der Waals surface area contributed by atoms with Crippen molar-refractivity contribution in [3.05, 3.63) is 71.6 Å². The molecular weight excluding hydrogens is 212 g/mol. The molecule has 0 radical (unpaired) electrons. The van der Waals surface area contributed by atoms with Crippen LogP contribution in [0.3, 0.4) is 0 Å². The largest absolute Gasteiger partial charge is 2.00 e. The molecule has 2 aromatic heterocycles. The van der Waals surface area contributed by atoms with Crippen LogP contribution in [-0.2, 0) is 13.5 Å². The third-order valence-corrected chi connectivity index (χ3v) is 1.38. The third-order valence-electron chi connectivity index (χ3n) is 1.38. The third kappa shape index (κ3) is 6.34. The lowest BCUT2D eigenvalue weighted by Crippen LogP contribution is -2.22. The second-order valence-electron chi connectivity index (χ2n) is 2.47. The van der Waals surface area contributed by atoms with E-state index in [1.54, 1.807) is 36.4 Å². The molecular formula is C10H10N2O2S-2. The predicted molar refractivity (Wildman–Crippen MR) is 58.2 cm³/mol. The van der Waals surface area contributed by atoms with Crippen molar-refractivity contribution < 1.29 is 9.46 Å². The van der Waals surface area contributed by atoms with Crippen molar-refractivity contribution in [2.75, 3.05) is 0 Å². The van der Waals surface area contributed by atoms with Crippen LogP contribution in [0.25, 0.3) is 0 Å². The predicted octanol–water partition coefficient (Wildman–Crippen LogP) is 0.638. The average molecular weight is 222 g/mol. The smallest absolute Gasteiger partial charge is 0.180 e. The van der Waals surface area contributed by atoms with E-state index < -0.39 is 0 Å². The Kier molecular flexibility index (Phi) is 6.74. The number of aromatic nitrogens is 2. The van der Waals surface area contributed by atoms with Gasteiger partial charge in [-0.1, -0.05) is 12.1 Å². The molecule has 0 saturated heterocycles. The topological polar surface area (TPSA) is 53.9 Å². The summed E-state index contributed by atoms with van der Waals surface area (Å²) in [4.78, 5) is 0. The van der Waals surface area contributed by atoms with Gasteiger partial charge in [0.2, 0.25) is 0 Å². The minimum Gasteiger partial charge on any atom is -2.00 e. The van der Waals surface area contributed by atoms with Crippen LogP contribution in [0.5, 0.6) is 0 Å². The molecule has 0 fully saturated rings. The first kappa shape index (κ1) is 13.2. The molecule has 4 nitrogen and oxygen atoms in total.